The number of phosphoric ester groups is 1. The molecule has 0 aliphatic heterocycles. The molecule has 0 radical (unpaired) electrons. The number of carbonyl (C=O) groups is 3. The van der Waals surface area contributed by atoms with E-state index in [4.69, 9.17) is 15.9 Å². The van der Waals surface area contributed by atoms with E-state index in [9.17, 15) is 28.7 Å². The van der Waals surface area contributed by atoms with Crippen LogP contribution in [-0.2, 0) is 32.9 Å². The van der Waals surface area contributed by atoms with Gasteiger partial charge in [0.1, 0.15) is 6.61 Å². The molecule has 0 rings (SSSR count). The first-order valence-corrected chi connectivity index (χ1v) is 12.2. The molecule has 212 valence electrons. The average molecular weight is 582 g/mol. The van der Waals surface area contributed by atoms with Crippen molar-refractivity contribution in [2.24, 2.45) is 5.73 Å². The molecule has 0 unspecified atom stereocenters. The number of ether oxygens (including phenoxy) is 2. The van der Waals surface area contributed by atoms with E-state index in [1.807, 2.05) is 5.92 Å². The third-order valence-electron chi connectivity index (χ3n) is 3.46. The molecular weight excluding hydrogens is 535 g/mol. The number of terminal acetylenes is 1. The zero-order chi connectivity index (χ0) is 27.7. The van der Waals surface area contributed by atoms with Crippen LogP contribution in [0.2, 0.25) is 0 Å². The van der Waals surface area contributed by atoms with Crippen molar-refractivity contribution < 1.29 is 115 Å². The number of hydrogen-bond donors (Lipinski definition) is 1. The van der Waals surface area contributed by atoms with Crippen LogP contribution in [0.5, 0.6) is 0 Å². The predicted molar refractivity (Wildman–Crippen MR) is 146 cm³/mol. The molecule has 0 fully saturated rings. The Kier molecular flexibility index (Phi) is 34.1. The summed E-state index contributed by atoms with van der Waals surface area (Å²) in [6.07, 6.45) is 9.48. The predicted octanol–water partition coefficient (Wildman–Crippen LogP) is -3.60. The Bertz CT molecular complexity index is 1080. The van der Waals surface area contributed by atoms with Gasteiger partial charge in [-0.2, -0.15) is 0 Å². The molecule has 1 amide bonds. The molecule has 0 aromatic heterocycles. The van der Waals surface area contributed by atoms with Gasteiger partial charge in [0.15, 0.2) is 6.10 Å². The van der Waals surface area contributed by atoms with Crippen LogP contribution in [0.4, 0.5) is 0 Å². The third kappa shape index (κ3) is 38.8. The van der Waals surface area contributed by atoms with E-state index in [0.717, 1.165) is 32.1 Å². The Morgan fingerprint density at radius 3 is 1.95 bits per heavy atom. The Hall–Kier alpha value is -1.68. The quantitative estimate of drug-likeness (QED) is 0.0577. The van der Waals surface area contributed by atoms with E-state index in [2.05, 4.69) is 64.5 Å². The Labute approximate surface area is 282 Å². The maximum Gasteiger partial charge on any atom is 1.00 e. The molecule has 0 saturated heterocycles. The van der Waals surface area contributed by atoms with Gasteiger partial charge in [0, 0.05) is 32.1 Å². The number of rotatable bonds is 13. The minimum absolute atomic E-state index is 0. The summed E-state index contributed by atoms with van der Waals surface area (Å²) >= 11 is 0. The molecule has 0 aliphatic carbocycles. The number of esters is 2. The Morgan fingerprint density at radius 2 is 1.42 bits per heavy atom. The minimum atomic E-state index is -5.29. The molecule has 0 spiro atoms. The molecule has 0 saturated carbocycles. The van der Waals surface area contributed by atoms with Crippen LogP contribution in [0.1, 0.15) is 71.6 Å². The molecule has 38 heavy (non-hydrogen) atoms. The molecule has 0 heterocycles. The zero-order valence-corrected chi connectivity index (χ0v) is 27.1. The van der Waals surface area contributed by atoms with Crippen LogP contribution in [0.25, 0.3) is 0 Å². The summed E-state index contributed by atoms with van der Waals surface area (Å²) in [7, 11) is -5.29. The summed E-state index contributed by atoms with van der Waals surface area (Å²) in [5.74, 6) is 18.2. The zero-order valence-electron chi connectivity index (χ0n) is 22.2. The number of primary amides is 1. The van der Waals surface area contributed by atoms with Gasteiger partial charge in [-0.3, -0.25) is 9.59 Å². The number of amides is 1. The van der Waals surface area contributed by atoms with Gasteiger partial charge in [0.25, 0.3) is 0 Å². The molecular formula is C25H46NNa2O9P. The summed E-state index contributed by atoms with van der Waals surface area (Å²) in [6, 6.07) is 0. The first-order valence-electron chi connectivity index (χ1n) is 10.8. The minimum Gasteiger partial charge on any atom is -0.790 e. The van der Waals surface area contributed by atoms with Gasteiger partial charge >= 0.3 is 71.1 Å². The monoisotopic (exact) mass is 581 g/mol. The van der Waals surface area contributed by atoms with Crippen molar-refractivity contribution in [3.05, 3.63) is 0 Å². The van der Waals surface area contributed by atoms with Gasteiger partial charge in [-0.25, -0.2) is 4.79 Å². The number of nitrogens with two attached hydrogens (primary N) is 1. The normalized spacial score (nSPS) is 9.24. The molecule has 0 bridgehead atoms. The first kappa shape index (κ1) is 43.4. The molecule has 0 aromatic carbocycles. The molecule has 0 aromatic rings. The number of unbranched alkanes of at least 4 members (excludes halogenated alkanes) is 5. The van der Waals surface area contributed by atoms with Crippen LogP contribution in [0.15, 0.2) is 0 Å². The van der Waals surface area contributed by atoms with Gasteiger partial charge in [0.05, 0.1) is 14.4 Å². The maximum absolute atomic E-state index is 11.9. The smallest absolute Gasteiger partial charge is 0.790 e. The van der Waals surface area contributed by atoms with Crippen LogP contribution >= 0.6 is 7.82 Å². The van der Waals surface area contributed by atoms with Gasteiger partial charge in [-0.15, -0.1) is 6.42 Å². The largest absolute Gasteiger partial charge is 1.00 e. The fourth-order valence-corrected chi connectivity index (χ4v) is 2.41. The van der Waals surface area contributed by atoms with Crippen molar-refractivity contribution >= 4 is 25.7 Å². The van der Waals surface area contributed by atoms with Crippen molar-refractivity contribution in [3.63, 3.8) is 0 Å². The van der Waals surface area contributed by atoms with Gasteiger partial charge in [-0.1, -0.05) is 39.0 Å². The Morgan fingerprint density at radius 1 is 0.921 bits per heavy atom. The van der Waals surface area contributed by atoms with E-state index in [-0.39, 0.29) is 84.3 Å². The fraction of sp³-hybridized carbons (Fsp3) is 0.480. The summed E-state index contributed by atoms with van der Waals surface area (Å²) < 4.78 is 24.6. The van der Waals surface area contributed by atoms with Gasteiger partial charge in [0.2, 0.25) is 5.91 Å². The Balaban J connectivity index is -0.0000000660. The molecule has 10 nitrogen and oxygen atoms in total. The molecule has 0 aliphatic rings. The summed E-state index contributed by atoms with van der Waals surface area (Å²) in [5.41, 5.74) is 4.47. The molecule has 2 N–H and O–H groups in total. The van der Waals surface area contributed by atoms with Crippen molar-refractivity contribution in [2.75, 3.05) is 13.2 Å². The van der Waals surface area contributed by atoms with Crippen LogP contribution < -0.4 is 74.6 Å². The van der Waals surface area contributed by atoms with E-state index in [1.165, 1.54) is 6.92 Å². The second-order valence-corrected chi connectivity index (χ2v) is 7.88. The van der Waals surface area contributed by atoms with E-state index < -0.39 is 39.1 Å². The van der Waals surface area contributed by atoms with Crippen LogP contribution in [0.3, 0.4) is 0 Å². The maximum atomic E-state index is 11.9. The van der Waals surface area contributed by atoms with E-state index in [0.29, 0.717) is 6.42 Å². The summed E-state index contributed by atoms with van der Waals surface area (Å²) in [5, 5.41) is 0. The number of carbonyl (C=O) groups excluding carboxylic acids is 3. The first-order chi connectivity index (χ1) is 17.0. The van der Waals surface area contributed by atoms with Crippen molar-refractivity contribution in [1.29, 1.82) is 0 Å². The summed E-state index contributed by atoms with van der Waals surface area (Å²) in [4.78, 5) is 54.1. The van der Waals surface area contributed by atoms with Crippen molar-refractivity contribution in [3.8, 4) is 59.7 Å². The van der Waals surface area contributed by atoms with Crippen LogP contribution in [-0.4, -0.2) is 37.2 Å². The summed E-state index contributed by atoms with van der Waals surface area (Å²) in [6.45, 7) is 2.08. The van der Waals surface area contributed by atoms with E-state index in [1.54, 1.807) is 0 Å². The fourth-order valence-electron chi connectivity index (χ4n) is 2.06. The van der Waals surface area contributed by atoms with Crippen molar-refractivity contribution in [1.82, 2.24) is 0 Å². The topological polar surface area (TPSA) is 168 Å². The van der Waals surface area contributed by atoms with E-state index >= 15 is 0 Å². The SMILES string of the molecule is C#CC#CC#CC#CC#CC(=O)OC[C@H](COP(=O)([O-])[O-])OC(=O)CCCCCCCC.CC(N)=O.[HH].[HH].[HH].[HH].[HH].[HH].[HH].[HH].[HH].[Na+].[Na+]. The van der Waals surface area contributed by atoms with Crippen molar-refractivity contribution in [2.45, 2.75) is 64.9 Å². The van der Waals surface area contributed by atoms with Gasteiger partial charge in [-0.05, 0) is 53.8 Å². The second kappa shape index (κ2) is 29.9. The average Bonchev–Trinajstić information content (AvgIpc) is 2.78. The third-order valence-corrected chi connectivity index (χ3v) is 3.93. The molecule has 13 heteroatoms. The second-order valence-electron chi connectivity index (χ2n) is 6.73. The van der Waals surface area contributed by atoms with Crippen LogP contribution in [0, 0.1) is 59.7 Å². The number of hydrogen-bond acceptors (Lipinski definition) is 9. The van der Waals surface area contributed by atoms with Gasteiger partial charge < -0.3 is 34.1 Å². The number of phosphoric acid groups is 1. The molecule has 1 atom stereocenters. The standard InChI is InChI=1S/C23H25O8P.C2H5NO.2Na.9H2/c1-3-5-7-9-11-12-14-15-17-22(24)29-19-21(20-30-32(26,27)28)31-23(25)18-16-13-10-8-6-4-2;1-2(3)4;;;;;;;;;;;/h1,21H,4,6,8,10,13,16,18-20H2,2H3,(H2,26,27,28);1H3,(H2,3,4);;;9*1H/q;;2*+1;;;;;;;;;/p-2/t21-;;;;;;;;;;;;/m1............/s1.